The van der Waals surface area contributed by atoms with E-state index in [1.165, 1.54) is 11.7 Å². The molecule has 0 aliphatic carbocycles. The standard InChI is InChI=1S/C36H48F3N5O6/c1-35(2,3)50-34(46)40-14-7-8-28-22-29-31(9-6-10-32(29)44(28)25-36(37,38)39)41-30-12-15-42(4)23-26(30)13-18-48-20-21-49-19-17-43-16-11-27(24-43)33(45)47-5/h6,9-11,16,22,24,26,30,41H,12-15,17-21,23,25H2,1-5H3,(H,40,46)/t26-,30-/m0/s1. The van der Waals surface area contributed by atoms with Crippen molar-refractivity contribution in [1.82, 2.24) is 19.4 Å². The minimum absolute atomic E-state index is 0.0773. The van der Waals surface area contributed by atoms with Crippen LogP contribution >= 0.6 is 0 Å². The lowest BCUT2D eigenvalue weighted by molar-refractivity contribution is -0.140. The van der Waals surface area contributed by atoms with Crippen molar-refractivity contribution < 1.29 is 41.7 Å². The van der Waals surface area contributed by atoms with Crippen molar-refractivity contribution in [3.63, 3.8) is 0 Å². The summed E-state index contributed by atoms with van der Waals surface area (Å²) in [5.41, 5.74) is 1.18. The number of alkyl carbamates (subject to hydrolysis) is 1. The van der Waals surface area contributed by atoms with Crippen LogP contribution < -0.4 is 10.6 Å². The van der Waals surface area contributed by atoms with E-state index in [1.54, 1.807) is 57.4 Å². The molecular weight excluding hydrogens is 655 g/mol. The number of amides is 1. The summed E-state index contributed by atoms with van der Waals surface area (Å²) in [7, 11) is 3.43. The zero-order chi connectivity index (χ0) is 36.3. The number of benzene rings is 1. The fourth-order valence-corrected chi connectivity index (χ4v) is 5.87. The van der Waals surface area contributed by atoms with Crippen LogP contribution in [0.15, 0.2) is 42.7 Å². The van der Waals surface area contributed by atoms with Crippen LogP contribution in [-0.4, -0.2) is 104 Å². The van der Waals surface area contributed by atoms with Gasteiger partial charge in [-0.15, -0.1) is 0 Å². The molecule has 1 fully saturated rings. The second kappa shape index (κ2) is 17.6. The molecule has 2 atom stereocenters. The first kappa shape index (κ1) is 38.6. The number of fused-ring (bicyclic) bond motifs is 1. The molecule has 0 radical (unpaired) electrons. The van der Waals surface area contributed by atoms with Gasteiger partial charge in [0, 0.05) is 49.2 Å². The van der Waals surface area contributed by atoms with Gasteiger partial charge in [0.05, 0.1) is 50.2 Å². The summed E-state index contributed by atoms with van der Waals surface area (Å²) in [6, 6.07) is 8.76. The number of aromatic nitrogens is 2. The molecule has 2 aromatic heterocycles. The molecule has 3 heterocycles. The van der Waals surface area contributed by atoms with Crippen molar-refractivity contribution in [3.8, 4) is 11.8 Å². The predicted octanol–water partition coefficient (Wildman–Crippen LogP) is 5.52. The first-order valence-corrected chi connectivity index (χ1v) is 16.7. The Hall–Kier alpha value is -4.19. The van der Waals surface area contributed by atoms with Gasteiger partial charge in [-0.25, -0.2) is 9.59 Å². The Labute approximate surface area is 291 Å². The molecule has 1 amide bonds. The van der Waals surface area contributed by atoms with E-state index in [2.05, 4.69) is 34.4 Å². The van der Waals surface area contributed by atoms with Gasteiger partial charge in [-0.2, -0.15) is 13.2 Å². The molecule has 11 nitrogen and oxygen atoms in total. The van der Waals surface area contributed by atoms with Crippen molar-refractivity contribution >= 4 is 28.7 Å². The summed E-state index contributed by atoms with van der Waals surface area (Å²) in [6.07, 6.45) is 0.0824. The second-order valence-electron chi connectivity index (χ2n) is 13.3. The lowest BCUT2D eigenvalue weighted by atomic mass is 9.89. The fourth-order valence-electron chi connectivity index (χ4n) is 5.87. The maximum absolute atomic E-state index is 13.7. The molecule has 274 valence electrons. The van der Waals surface area contributed by atoms with Gasteiger partial charge in [-0.3, -0.25) is 0 Å². The summed E-state index contributed by atoms with van der Waals surface area (Å²) in [6.45, 7) is 8.19. The highest BCUT2D eigenvalue weighted by Gasteiger charge is 2.31. The van der Waals surface area contributed by atoms with Gasteiger partial charge in [-0.05, 0) is 83.3 Å². The van der Waals surface area contributed by atoms with E-state index in [0.29, 0.717) is 49.4 Å². The Morgan fingerprint density at radius 3 is 2.54 bits per heavy atom. The largest absolute Gasteiger partial charge is 0.465 e. The van der Waals surface area contributed by atoms with Crippen LogP contribution in [0.3, 0.4) is 0 Å². The van der Waals surface area contributed by atoms with Crippen LogP contribution in [0.25, 0.3) is 10.9 Å². The third kappa shape index (κ3) is 12.0. The summed E-state index contributed by atoms with van der Waals surface area (Å²) in [4.78, 5) is 25.8. The zero-order valence-corrected chi connectivity index (χ0v) is 29.4. The molecule has 1 saturated heterocycles. The molecule has 0 saturated carbocycles. The zero-order valence-electron chi connectivity index (χ0n) is 29.4. The number of nitrogens with zero attached hydrogens (tertiary/aromatic N) is 3. The number of likely N-dealkylation sites (tertiary alicyclic amines) is 1. The highest BCUT2D eigenvalue weighted by molar-refractivity contribution is 5.94. The van der Waals surface area contributed by atoms with Crippen LogP contribution in [0.1, 0.15) is 49.7 Å². The Bertz CT molecular complexity index is 1630. The van der Waals surface area contributed by atoms with Crippen LogP contribution in [0.5, 0.6) is 0 Å². The molecule has 4 rings (SSSR count). The van der Waals surface area contributed by atoms with E-state index in [1.807, 2.05) is 10.6 Å². The molecule has 0 spiro atoms. The van der Waals surface area contributed by atoms with Crippen LogP contribution in [0.2, 0.25) is 0 Å². The number of hydrogen-bond acceptors (Lipinski definition) is 8. The topological polar surface area (TPSA) is 108 Å². The van der Waals surface area contributed by atoms with Crippen molar-refractivity contribution in [2.75, 3.05) is 65.5 Å². The molecule has 1 aliphatic heterocycles. The van der Waals surface area contributed by atoms with Gasteiger partial charge in [0.1, 0.15) is 12.1 Å². The summed E-state index contributed by atoms with van der Waals surface area (Å²) in [5.74, 6) is 5.45. The average molecular weight is 704 g/mol. The van der Waals surface area contributed by atoms with Gasteiger partial charge in [-0.1, -0.05) is 12.0 Å². The van der Waals surface area contributed by atoms with Gasteiger partial charge in [0.2, 0.25) is 0 Å². The highest BCUT2D eigenvalue weighted by atomic mass is 19.4. The Morgan fingerprint density at radius 1 is 1.06 bits per heavy atom. The van der Waals surface area contributed by atoms with Crippen LogP contribution in [-0.2, 0) is 32.0 Å². The predicted molar refractivity (Wildman–Crippen MR) is 184 cm³/mol. The Balaban J connectivity index is 1.34. The van der Waals surface area contributed by atoms with Crippen molar-refractivity contribution in [2.24, 2.45) is 5.92 Å². The minimum atomic E-state index is -4.46. The summed E-state index contributed by atoms with van der Waals surface area (Å²) < 4.78 is 65.6. The van der Waals surface area contributed by atoms with Gasteiger partial charge in [0.25, 0.3) is 0 Å². The number of anilines is 1. The number of carbonyl (C=O) groups is 2. The molecular formula is C36H48F3N5O6. The van der Waals surface area contributed by atoms with E-state index in [9.17, 15) is 22.8 Å². The minimum Gasteiger partial charge on any atom is -0.465 e. The van der Waals surface area contributed by atoms with Gasteiger partial charge < -0.3 is 43.6 Å². The van der Waals surface area contributed by atoms with Crippen molar-refractivity contribution in [2.45, 2.75) is 64.5 Å². The molecule has 2 N–H and O–H groups in total. The first-order chi connectivity index (χ1) is 23.7. The first-order valence-electron chi connectivity index (χ1n) is 16.7. The number of piperidine rings is 1. The second-order valence-corrected chi connectivity index (χ2v) is 13.3. The molecule has 14 heteroatoms. The third-order valence-corrected chi connectivity index (χ3v) is 8.17. The number of esters is 1. The summed E-state index contributed by atoms with van der Waals surface area (Å²) in [5, 5.41) is 6.81. The van der Waals surface area contributed by atoms with E-state index in [-0.39, 0.29) is 30.2 Å². The Morgan fingerprint density at radius 2 is 1.82 bits per heavy atom. The van der Waals surface area contributed by atoms with Gasteiger partial charge in [0.15, 0.2) is 0 Å². The lowest BCUT2D eigenvalue weighted by Crippen LogP contribution is -2.45. The molecule has 0 unspecified atom stereocenters. The molecule has 0 bridgehead atoms. The fraction of sp³-hybridized carbons (Fsp3) is 0.556. The van der Waals surface area contributed by atoms with Crippen molar-refractivity contribution in [3.05, 3.63) is 54.0 Å². The normalized spacial score (nSPS) is 16.9. The number of hydrogen-bond donors (Lipinski definition) is 2. The number of rotatable bonds is 14. The number of nitrogens with one attached hydrogen (secondary N) is 2. The SMILES string of the molecule is COC(=O)c1ccn(CCOCCOCC[C@H]2CN(C)CC[C@@H]2Nc2cccc3c2cc(C#CCNC(=O)OC(C)(C)C)n3CC(F)(F)F)c1. The third-order valence-electron chi connectivity index (χ3n) is 8.17. The van der Waals surface area contributed by atoms with Crippen LogP contribution in [0.4, 0.5) is 23.7 Å². The molecule has 1 aliphatic rings. The molecule has 1 aromatic carbocycles. The van der Waals surface area contributed by atoms with Gasteiger partial charge >= 0.3 is 18.2 Å². The number of alkyl halides is 3. The van der Waals surface area contributed by atoms with E-state index < -0.39 is 24.4 Å². The molecule has 3 aromatic rings. The quantitative estimate of drug-likeness (QED) is 0.128. The lowest BCUT2D eigenvalue weighted by Gasteiger charge is -2.38. The summed E-state index contributed by atoms with van der Waals surface area (Å²) >= 11 is 0. The van der Waals surface area contributed by atoms with Crippen LogP contribution in [0, 0.1) is 17.8 Å². The Kier molecular flexibility index (Phi) is 13.6. The number of carbonyl (C=O) groups excluding carboxylic acids is 2. The van der Waals surface area contributed by atoms with Crippen molar-refractivity contribution in [1.29, 1.82) is 0 Å². The van der Waals surface area contributed by atoms with E-state index in [4.69, 9.17) is 18.9 Å². The number of methoxy groups -OCH3 is 1. The maximum Gasteiger partial charge on any atom is 0.408 e. The number of ether oxygens (including phenoxy) is 4. The average Bonchev–Trinajstić information content (AvgIpc) is 3.65. The maximum atomic E-state index is 13.7. The van der Waals surface area contributed by atoms with E-state index in [0.717, 1.165) is 31.6 Å². The smallest absolute Gasteiger partial charge is 0.408 e. The molecule has 50 heavy (non-hydrogen) atoms. The monoisotopic (exact) mass is 703 g/mol. The number of halogens is 3. The highest BCUT2D eigenvalue weighted by Crippen LogP contribution is 2.32. The van der Waals surface area contributed by atoms with E-state index >= 15 is 0 Å².